The molecule has 5 amide bonds. The van der Waals surface area contributed by atoms with Gasteiger partial charge in [-0.3, -0.25) is 24.0 Å². The molecule has 1 aromatic carbocycles. The first-order valence-electron chi connectivity index (χ1n) is 30.2. The molecular formula is C58H93N5O25. The fourth-order valence-corrected chi connectivity index (χ4v) is 12.1. The van der Waals surface area contributed by atoms with Crippen LogP contribution in [0.4, 0.5) is 0 Å². The highest BCUT2D eigenvalue weighted by Crippen LogP contribution is 2.39. The minimum absolute atomic E-state index is 0.0733. The van der Waals surface area contributed by atoms with Crippen molar-refractivity contribution in [1.29, 1.82) is 0 Å². The van der Waals surface area contributed by atoms with E-state index in [0.717, 1.165) is 47.0 Å². The number of allylic oxidation sites excluding steroid dienone is 2. The van der Waals surface area contributed by atoms with Crippen LogP contribution in [-0.2, 0) is 52.3 Å². The number of aliphatic hydroxyl groups excluding tert-OH is 12. The Morgan fingerprint density at radius 2 is 0.955 bits per heavy atom. The summed E-state index contributed by atoms with van der Waals surface area (Å²) in [5, 5.41) is 146. The maximum absolute atomic E-state index is 13.9. The first-order chi connectivity index (χ1) is 42.0. The molecule has 13 unspecified atom stereocenters. The zero-order chi connectivity index (χ0) is 64.5. The summed E-state index contributed by atoms with van der Waals surface area (Å²) in [7, 11) is 0. The van der Waals surface area contributed by atoms with Gasteiger partial charge in [-0.1, -0.05) is 44.4 Å². The summed E-state index contributed by atoms with van der Waals surface area (Å²) in [6.45, 7) is 2.92. The van der Waals surface area contributed by atoms with Gasteiger partial charge in [0, 0.05) is 58.3 Å². The van der Waals surface area contributed by atoms with Crippen LogP contribution in [0.15, 0.2) is 36.4 Å². The number of ether oxygens (including phenoxy) is 8. The maximum Gasteiger partial charge on any atom is 0.251 e. The quantitative estimate of drug-likeness (QED) is 0.0264. The smallest absolute Gasteiger partial charge is 0.251 e. The molecule has 3 heterocycles. The van der Waals surface area contributed by atoms with E-state index in [9.17, 15) is 85.3 Å². The van der Waals surface area contributed by atoms with Gasteiger partial charge in [-0.05, 0) is 56.7 Å². The number of amides is 5. The van der Waals surface area contributed by atoms with E-state index >= 15 is 0 Å². The maximum atomic E-state index is 13.9. The third-order valence-electron chi connectivity index (χ3n) is 16.6. The van der Waals surface area contributed by atoms with Crippen LogP contribution in [-0.4, -0.2) is 271 Å². The summed E-state index contributed by atoms with van der Waals surface area (Å²) in [6, 6.07) is -1.40. The third kappa shape index (κ3) is 18.8. The molecule has 17 N–H and O–H groups in total. The second-order valence-corrected chi connectivity index (χ2v) is 23.2. The zero-order valence-electron chi connectivity index (χ0n) is 50.2. The van der Waals surface area contributed by atoms with Crippen LogP contribution in [0.5, 0.6) is 5.75 Å². The fourth-order valence-electron chi connectivity index (χ4n) is 12.1. The van der Waals surface area contributed by atoms with Gasteiger partial charge in [-0.15, -0.1) is 0 Å². The lowest BCUT2D eigenvalue weighted by Crippen LogP contribution is -2.70. The second kappa shape index (κ2) is 34.7. The fraction of sp³-hybridized carbons (Fsp3) is 0.776. The molecule has 0 aromatic heterocycles. The van der Waals surface area contributed by atoms with E-state index in [-0.39, 0.29) is 18.4 Å². The van der Waals surface area contributed by atoms with Crippen LogP contribution in [0.1, 0.15) is 103 Å². The molecule has 30 heteroatoms. The van der Waals surface area contributed by atoms with Gasteiger partial charge in [0.05, 0.1) is 62.9 Å². The van der Waals surface area contributed by atoms with Crippen molar-refractivity contribution >= 4 is 29.5 Å². The lowest BCUT2D eigenvalue weighted by molar-refractivity contribution is -0.342. The average Bonchev–Trinajstić information content (AvgIpc) is 1.44. The first-order valence-corrected chi connectivity index (χ1v) is 30.2. The van der Waals surface area contributed by atoms with Gasteiger partial charge in [0.15, 0.2) is 18.9 Å². The molecule has 30 nitrogen and oxygen atoms in total. The van der Waals surface area contributed by atoms with Crippen molar-refractivity contribution in [2.75, 3.05) is 39.6 Å². The molecule has 2 saturated carbocycles. The highest BCUT2D eigenvalue weighted by Gasteiger charge is 2.57. The monoisotopic (exact) mass is 1260 g/mol. The molecule has 5 aliphatic rings. The molecule has 0 radical (unpaired) electrons. The largest absolute Gasteiger partial charge is 0.494 e. The van der Waals surface area contributed by atoms with Crippen molar-refractivity contribution in [3.63, 3.8) is 0 Å². The van der Waals surface area contributed by atoms with Crippen molar-refractivity contribution in [1.82, 2.24) is 26.6 Å². The van der Waals surface area contributed by atoms with Crippen LogP contribution in [0, 0.1) is 11.8 Å². The molecule has 1 aromatic rings. The van der Waals surface area contributed by atoms with Gasteiger partial charge in [-0.2, -0.15) is 0 Å². The Balaban J connectivity index is 1.18. The van der Waals surface area contributed by atoms with Crippen LogP contribution in [0.2, 0.25) is 0 Å². The Labute approximate surface area is 510 Å². The van der Waals surface area contributed by atoms with Crippen LogP contribution < -0.4 is 31.3 Å². The van der Waals surface area contributed by atoms with E-state index < -0.39 is 215 Å². The predicted octanol–water partition coefficient (Wildman–Crippen LogP) is -4.90. The highest BCUT2D eigenvalue weighted by molar-refractivity contribution is 5.94. The number of aliphatic hydroxyl groups is 12. The Bertz CT molecular complexity index is 2400. The Morgan fingerprint density at radius 3 is 1.50 bits per heavy atom. The van der Waals surface area contributed by atoms with Gasteiger partial charge in [0.1, 0.15) is 91.0 Å². The summed E-state index contributed by atoms with van der Waals surface area (Å²) in [4.78, 5) is 64.4. The van der Waals surface area contributed by atoms with Crippen molar-refractivity contribution < 1.29 is 123 Å². The molecule has 500 valence electrons. The molecule has 0 spiro atoms. The summed E-state index contributed by atoms with van der Waals surface area (Å²) in [6.07, 6.45) is -18.7. The summed E-state index contributed by atoms with van der Waals surface area (Å²) < 4.78 is 48.7. The van der Waals surface area contributed by atoms with Gasteiger partial charge < -0.3 is 126 Å². The van der Waals surface area contributed by atoms with Crippen LogP contribution >= 0.6 is 0 Å². The SMILES string of the molecule is CCCCCC/C=C\CCCOc1cccc(C(=O)N[C@@H]2C(O[C@H]3C(O)C(NC(C)=O)C(OC4C(CO)C[C@@H](O[C@H]5C(O)C(NC(C)=O)C(OC6C(CO)OC(O)[C@@H](NC(C)=O)[C@H]6O)C[C@H]5CO)[C@@H](NC(C)=O)[C@H]4O)O[C@H]3CO)OC(CO)[C@@H](O)[C@@H]2O)c1. The molecule has 6 rings (SSSR count). The number of rotatable bonds is 29. The molecule has 0 bridgehead atoms. The predicted molar refractivity (Wildman–Crippen MR) is 304 cm³/mol. The molecule has 3 saturated heterocycles. The number of carbonyl (C=O) groups is 5. The van der Waals surface area contributed by atoms with Crippen LogP contribution in [0.25, 0.3) is 0 Å². The lowest BCUT2D eigenvalue weighted by Gasteiger charge is -2.51. The summed E-state index contributed by atoms with van der Waals surface area (Å²) in [5.74, 6) is -5.44. The number of benzene rings is 1. The number of unbranched alkanes of at least 4 members (excludes halogenated alkanes) is 5. The van der Waals surface area contributed by atoms with Crippen molar-refractivity contribution in [3.8, 4) is 5.75 Å². The molecule has 3 aliphatic heterocycles. The van der Waals surface area contributed by atoms with Gasteiger partial charge in [-0.25, -0.2) is 0 Å². The van der Waals surface area contributed by atoms with E-state index in [2.05, 4.69) is 45.7 Å². The summed E-state index contributed by atoms with van der Waals surface area (Å²) in [5.41, 5.74) is 0.0733. The minimum Gasteiger partial charge on any atom is -0.494 e. The van der Waals surface area contributed by atoms with E-state index in [1.807, 2.05) is 0 Å². The van der Waals surface area contributed by atoms with E-state index in [1.165, 1.54) is 31.4 Å². The number of nitrogens with one attached hydrogen (secondary N) is 5. The number of carbonyl (C=O) groups excluding carboxylic acids is 5. The van der Waals surface area contributed by atoms with Gasteiger partial charge in [0.2, 0.25) is 23.6 Å². The van der Waals surface area contributed by atoms with E-state index in [1.54, 1.807) is 12.1 Å². The topological polar surface area (TPSA) is 462 Å². The van der Waals surface area contributed by atoms with Crippen molar-refractivity contribution in [2.45, 2.75) is 233 Å². The summed E-state index contributed by atoms with van der Waals surface area (Å²) >= 11 is 0. The minimum atomic E-state index is -1.94. The molecule has 5 fully saturated rings. The molecule has 2 aliphatic carbocycles. The standard InChI is InChI=1S/C58H93N5O25/c1-6-7-8-9-10-11-12-13-14-18-81-34-17-15-16-31(19-34)55(79)63-43-46(74)45(73)37(24-66)85-57(43)88-54-39(26-68)86-58(44(50(54)78)62-30(5)72)87-52-33(23-65)21-35(40(48(52)76)59-27(2)69)82-51-32(22-64)20-36(41(47(51)75)60-28(3)70)83-53-38(25-67)84-56(80)42(49(53)77)61-29(4)71/h11-12,15-17,19,32-33,35-54,56-58,64-68,73-78,80H,6-10,13-14,18,20-26H2,1-5H3,(H,59,69)(H,60,70)(H,61,71)(H,62,72)(H,63,79)/b12-11-/t32-,33?,35+,36?,37?,38?,39-,40+,41?,42-,43-,44?,45+,46+,47?,48+,49+,50?,51+,52?,53?,54+,56?,57?,58?/m0/s1. The highest BCUT2D eigenvalue weighted by atomic mass is 16.7. The van der Waals surface area contributed by atoms with Crippen LogP contribution in [0.3, 0.4) is 0 Å². The van der Waals surface area contributed by atoms with E-state index in [0.29, 0.717) is 18.8 Å². The Morgan fingerprint density at radius 1 is 0.500 bits per heavy atom. The van der Waals surface area contributed by atoms with Gasteiger partial charge in [0.25, 0.3) is 5.91 Å². The number of hydrogen-bond donors (Lipinski definition) is 17. The number of hydrogen-bond acceptors (Lipinski definition) is 25. The normalized spacial score (nSPS) is 37.8. The van der Waals surface area contributed by atoms with Crippen molar-refractivity contribution in [3.05, 3.63) is 42.0 Å². The first kappa shape index (κ1) is 72.4. The van der Waals surface area contributed by atoms with Crippen molar-refractivity contribution in [2.24, 2.45) is 11.8 Å². The second-order valence-electron chi connectivity index (χ2n) is 23.2. The Hall–Kier alpha value is -4.65. The molecular weight excluding hydrogens is 1170 g/mol. The van der Waals surface area contributed by atoms with Gasteiger partial charge >= 0.3 is 0 Å². The average molecular weight is 1260 g/mol. The molecule has 88 heavy (non-hydrogen) atoms. The Kier molecular flexibility index (Phi) is 28.5. The molecule has 25 atom stereocenters. The van der Waals surface area contributed by atoms with E-state index in [4.69, 9.17) is 37.9 Å². The lowest BCUT2D eigenvalue weighted by atomic mass is 9.77. The third-order valence-corrected chi connectivity index (χ3v) is 16.6. The zero-order valence-corrected chi connectivity index (χ0v) is 50.2.